The van der Waals surface area contributed by atoms with Gasteiger partial charge in [0.25, 0.3) is 0 Å². The number of nitrogens with zero attached hydrogens (tertiary/aromatic N) is 1. The predicted molar refractivity (Wildman–Crippen MR) is 73.5 cm³/mol. The van der Waals surface area contributed by atoms with Crippen molar-refractivity contribution in [2.75, 3.05) is 26.7 Å². The van der Waals surface area contributed by atoms with E-state index < -0.39 is 5.54 Å². The first-order chi connectivity index (χ1) is 8.41. The van der Waals surface area contributed by atoms with Gasteiger partial charge in [-0.1, -0.05) is 20.8 Å². The first-order valence-electron chi connectivity index (χ1n) is 6.99. The van der Waals surface area contributed by atoms with Gasteiger partial charge in [0.2, 0.25) is 0 Å². The molecule has 0 aromatic heterocycles. The molecule has 0 spiro atoms. The predicted octanol–water partition coefficient (Wildman–Crippen LogP) is 1.65. The molecule has 0 aromatic carbocycles. The number of carbonyl (C=O) groups excluding carboxylic acids is 1. The molecule has 1 N–H and O–H groups in total. The van der Waals surface area contributed by atoms with Crippen LogP contribution in [0.1, 0.15) is 40.5 Å². The highest BCUT2D eigenvalue weighted by molar-refractivity contribution is 5.80. The number of hydrogen-bond donors (Lipinski definition) is 1. The van der Waals surface area contributed by atoms with Crippen LogP contribution in [0.4, 0.5) is 0 Å². The molecule has 1 rings (SSSR count). The van der Waals surface area contributed by atoms with Gasteiger partial charge in [-0.15, -0.1) is 0 Å². The van der Waals surface area contributed by atoms with E-state index in [4.69, 9.17) is 4.74 Å². The monoisotopic (exact) mass is 256 g/mol. The van der Waals surface area contributed by atoms with Gasteiger partial charge in [0, 0.05) is 19.1 Å². The topological polar surface area (TPSA) is 41.6 Å². The van der Waals surface area contributed by atoms with Crippen LogP contribution in [-0.4, -0.2) is 49.2 Å². The third-order valence-corrected chi connectivity index (χ3v) is 3.35. The lowest BCUT2D eigenvalue weighted by Gasteiger charge is -2.34. The van der Waals surface area contributed by atoms with E-state index in [2.05, 4.69) is 31.0 Å². The molecular formula is C14H28N2O2. The Bertz CT molecular complexity index is 277. The molecule has 0 bridgehead atoms. The number of ether oxygens (including phenoxy) is 1. The van der Waals surface area contributed by atoms with Gasteiger partial charge in [-0.25, -0.2) is 0 Å². The van der Waals surface area contributed by atoms with Crippen LogP contribution in [0, 0.1) is 5.92 Å². The second-order valence-electron chi connectivity index (χ2n) is 5.96. The molecule has 1 aliphatic rings. The second kappa shape index (κ2) is 6.53. The lowest BCUT2D eigenvalue weighted by atomic mass is 10.0. The highest BCUT2D eigenvalue weighted by Gasteiger charge is 2.40. The Morgan fingerprint density at radius 3 is 2.50 bits per heavy atom. The molecule has 0 radical (unpaired) electrons. The normalized spacial score (nSPS) is 19.1. The average Bonchev–Trinajstić information content (AvgIpc) is 3.09. The third-order valence-electron chi connectivity index (χ3n) is 3.35. The van der Waals surface area contributed by atoms with Gasteiger partial charge in [0.05, 0.1) is 7.11 Å². The van der Waals surface area contributed by atoms with Crippen LogP contribution >= 0.6 is 0 Å². The molecule has 0 aromatic rings. The van der Waals surface area contributed by atoms with Crippen LogP contribution in [0.3, 0.4) is 0 Å². The van der Waals surface area contributed by atoms with Gasteiger partial charge >= 0.3 is 5.97 Å². The molecule has 0 saturated heterocycles. The van der Waals surface area contributed by atoms with Gasteiger partial charge in [0.15, 0.2) is 0 Å². The smallest absolute Gasteiger partial charge is 0.327 e. The van der Waals surface area contributed by atoms with Crippen molar-refractivity contribution < 1.29 is 9.53 Å². The zero-order chi connectivity index (χ0) is 13.8. The summed E-state index contributed by atoms with van der Waals surface area (Å²) in [6.45, 7) is 11.2. The molecule has 1 aliphatic carbocycles. The maximum Gasteiger partial charge on any atom is 0.327 e. The fraction of sp³-hybridized carbons (Fsp3) is 0.929. The largest absolute Gasteiger partial charge is 0.468 e. The minimum Gasteiger partial charge on any atom is -0.468 e. The van der Waals surface area contributed by atoms with E-state index in [0.29, 0.717) is 18.5 Å². The van der Waals surface area contributed by atoms with Crippen molar-refractivity contribution >= 4 is 5.97 Å². The Morgan fingerprint density at radius 2 is 2.11 bits per heavy atom. The maximum atomic E-state index is 12.0. The number of esters is 1. The Kier molecular flexibility index (Phi) is 5.60. The zero-order valence-electron chi connectivity index (χ0n) is 12.5. The highest BCUT2D eigenvalue weighted by Crippen LogP contribution is 2.24. The summed E-state index contributed by atoms with van der Waals surface area (Å²) in [5, 5.41) is 3.44. The summed E-state index contributed by atoms with van der Waals surface area (Å²) >= 11 is 0. The summed E-state index contributed by atoms with van der Waals surface area (Å²) < 4.78 is 4.97. The van der Waals surface area contributed by atoms with E-state index in [0.717, 1.165) is 13.1 Å². The molecule has 1 saturated carbocycles. The Balaban J connectivity index is 2.65. The number of likely N-dealkylation sites (N-methyl/N-ethyl adjacent to an activating group) is 1. The molecule has 0 aliphatic heterocycles. The van der Waals surface area contributed by atoms with Gasteiger partial charge in [-0.3, -0.25) is 10.1 Å². The van der Waals surface area contributed by atoms with Crippen LogP contribution in [0.2, 0.25) is 0 Å². The van der Waals surface area contributed by atoms with Crippen molar-refractivity contribution in [2.45, 2.75) is 52.1 Å². The van der Waals surface area contributed by atoms with Crippen LogP contribution < -0.4 is 5.32 Å². The maximum absolute atomic E-state index is 12.0. The van der Waals surface area contributed by atoms with Crippen molar-refractivity contribution in [3.05, 3.63) is 0 Å². The van der Waals surface area contributed by atoms with E-state index >= 15 is 0 Å². The Hall–Kier alpha value is -0.610. The molecular weight excluding hydrogens is 228 g/mol. The van der Waals surface area contributed by atoms with Gasteiger partial charge in [-0.2, -0.15) is 0 Å². The van der Waals surface area contributed by atoms with Crippen LogP contribution in [0.5, 0.6) is 0 Å². The molecule has 0 amide bonds. The minimum atomic E-state index is -0.583. The number of methoxy groups -OCH3 is 1. The quantitative estimate of drug-likeness (QED) is 0.671. The standard InChI is InChI=1S/C14H28N2O2/c1-6-16(9-11(2)3)10-14(4,13(17)18-5)15-12-7-8-12/h11-12,15H,6-10H2,1-5H3. The fourth-order valence-corrected chi connectivity index (χ4v) is 2.34. The van der Waals surface area contributed by atoms with Crippen LogP contribution in [0.15, 0.2) is 0 Å². The van der Waals surface area contributed by atoms with Crippen molar-refractivity contribution in [1.82, 2.24) is 10.2 Å². The minimum absolute atomic E-state index is 0.156. The molecule has 1 fully saturated rings. The van der Waals surface area contributed by atoms with Crippen molar-refractivity contribution in [3.63, 3.8) is 0 Å². The van der Waals surface area contributed by atoms with E-state index in [1.165, 1.54) is 20.0 Å². The summed E-state index contributed by atoms with van der Waals surface area (Å²) in [5.41, 5.74) is -0.583. The van der Waals surface area contributed by atoms with Crippen LogP contribution in [0.25, 0.3) is 0 Å². The molecule has 1 unspecified atom stereocenters. The summed E-state index contributed by atoms with van der Waals surface area (Å²) in [5.74, 6) is 0.448. The molecule has 106 valence electrons. The Morgan fingerprint density at radius 1 is 1.50 bits per heavy atom. The van der Waals surface area contributed by atoms with Crippen molar-refractivity contribution in [2.24, 2.45) is 5.92 Å². The summed E-state index contributed by atoms with van der Waals surface area (Å²) in [6, 6.07) is 0.492. The second-order valence-corrected chi connectivity index (χ2v) is 5.96. The summed E-state index contributed by atoms with van der Waals surface area (Å²) in [4.78, 5) is 14.3. The number of carbonyl (C=O) groups is 1. The van der Waals surface area contributed by atoms with E-state index in [-0.39, 0.29) is 5.97 Å². The lowest BCUT2D eigenvalue weighted by Crippen LogP contribution is -2.58. The molecule has 4 nitrogen and oxygen atoms in total. The number of rotatable bonds is 8. The third kappa shape index (κ3) is 4.58. The fourth-order valence-electron chi connectivity index (χ4n) is 2.34. The zero-order valence-corrected chi connectivity index (χ0v) is 12.5. The van der Waals surface area contributed by atoms with Crippen molar-refractivity contribution in [1.29, 1.82) is 0 Å². The molecule has 18 heavy (non-hydrogen) atoms. The lowest BCUT2D eigenvalue weighted by molar-refractivity contribution is -0.149. The average molecular weight is 256 g/mol. The first kappa shape index (κ1) is 15.4. The van der Waals surface area contributed by atoms with E-state index in [9.17, 15) is 4.79 Å². The van der Waals surface area contributed by atoms with Gasteiger partial charge in [0.1, 0.15) is 5.54 Å². The molecule has 0 heterocycles. The van der Waals surface area contributed by atoms with E-state index in [1.807, 2.05) is 6.92 Å². The molecule has 4 heteroatoms. The SMILES string of the molecule is CCN(CC(C)C)CC(C)(NC1CC1)C(=O)OC. The molecule has 1 atom stereocenters. The van der Waals surface area contributed by atoms with Gasteiger partial charge < -0.3 is 9.64 Å². The first-order valence-corrected chi connectivity index (χ1v) is 6.99. The van der Waals surface area contributed by atoms with Gasteiger partial charge in [-0.05, 0) is 32.2 Å². The van der Waals surface area contributed by atoms with Crippen LogP contribution in [-0.2, 0) is 9.53 Å². The Labute approximate surface area is 111 Å². The number of nitrogens with one attached hydrogen (secondary N) is 1. The summed E-state index contributed by atoms with van der Waals surface area (Å²) in [7, 11) is 1.47. The van der Waals surface area contributed by atoms with E-state index in [1.54, 1.807) is 0 Å². The van der Waals surface area contributed by atoms with Crippen molar-refractivity contribution in [3.8, 4) is 0 Å². The highest BCUT2D eigenvalue weighted by atomic mass is 16.5. The summed E-state index contributed by atoms with van der Waals surface area (Å²) in [6.07, 6.45) is 2.34. The number of hydrogen-bond acceptors (Lipinski definition) is 4.